The topological polar surface area (TPSA) is 16.8 Å². The molecule has 0 fully saturated rings. The number of hydrogen-bond donors (Lipinski definition) is 0. The SMILES string of the molecule is Cc1ccc(-c2[c-]cccc2)[c-]c1-c1ccnc[n+]1C.[B].[Y]. The van der Waals surface area contributed by atoms with Crippen molar-refractivity contribution >= 4 is 8.41 Å². The van der Waals surface area contributed by atoms with Crippen LogP contribution in [0.2, 0.25) is 0 Å². The Morgan fingerprint density at radius 3 is 2.55 bits per heavy atom. The van der Waals surface area contributed by atoms with E-state index in [1.165, 1.54) is 5.56 Å². The molecule has 22 heavy (non-hydrogen) atoms. The first-order valence-corrected chi connectivity index (χ1v) is 6.56. The Balaban J connectivity index is 0.00000121. The maximum absolute atomic E-state index is 4.12. The molecule has 0 aliphatic heterocycles. The van der Waals surface area contributed by atoms with E-state index < -0.39 is 0 Å². The normalized spacial score (nSPS) is 9.55. The molecule has 0 amide bonds. The van der Waals surface area contributed by atoms with Crippen LogP contribution in [-0.2, 0) is 39.8 Å². The molecule has 4 heteroatoms. The van der Waals surface area contributed by atoms with E-state index in [4.69, 9.17) is 0 Å². The number of hydrogen-bond acceptors (Lipinski definition) is 1. The number of rotatable bonds is 2. The van der Waals surface area contributed by atoms with Crippen molar-refractivity contribution in [1.29, 1.82) is 0 Å². The fourth-order valence-corrected chi connectivity index (χ4v) is 2.24. The molecule has 0 unspecified atom stereocenters. The van der Waals surface area contributed by atoms with Crippen molar-refractivity contribution in [1.82, 2.24) is 4.98 Å². The van der Waals surface area contributed by atoms with Gasteiger partial charge in [0.05, 0.1) is 12.7 Å². The van der Waals surface area contributed by atoms with Gasteiger partial charge in [-0.2, -0.15) is 42.0 Å². The van der Waals surface area contributed by atoms with Crippen LogP contribution in [0.3, 0.4) is 0 Å². The average Bonchev–Trinajstić information content (AvgIpc) is 2.49. The van der Waals surface area contributed by atoms with Gasteiger partial charge in [0.1, 0.15) is 6.20 Å². The molecule has 0 aliphatic carbocycles. The summed E-state index contributed by atoms with van der Waals surface area (Å²) in [4.78, 5) is 4.12. The van der Waals surface area contributed by atoms with Crippen LogP contribution in [0.1, 0.15) is 5.56 Å². The molecule has 0 saturated carbocycles. The number of benzene rings is 2. The van der Waals surface area contributed by atoms with Gasteiger partial charge in [0.15, 0.2) is 0 Å². The second-order valence-corrected chi connectivity index (χ2v) is 4.78. The molecule has 104 valence electrons. The minimum absolute atomic E-state index is 0. The summed E-state index contributed by atoms with van der Waals surface area (Å²) in [7, 11) is 2.00. The summed E-state index contributed by atoms with van der Waals surface area (Å²) in [5.74, 6) is 0. The smallest absolute Gasteiger partial charge is 0.266 e. The third kappa shape index (κ3) is 3.91. The van der Waals surface area contributed by atoms with Gasteiger partial charge in [-0.15, -0.1) is 17.7 Å². The van der Waals surface area contributed by atoms with Crippen LogP contribution in [0.5, 0.6) is 0 Å². The average molecular weight is 359 g/mol. The molecule has 0 saturated heterocycles. The minimum atomic E-state index is 0. The summed E-state index contributed by atoms with van der Waals surface area (Å²) in [5.41, 5.74) is 5.53. The quantitative estimate of drug-likeness (QED) is 0.391. The summed E-state index contributed by atoms with van der Waals surface area (Å²) in [6.07, 6.45) is 3.62. The first kappa shape index (κ1) is 18.7. The molecule has 1 heterocycles. The minimum Gasteiger partial charge on any atom is -0.266 e. The van der Waals surface area contributed by atoms with Crippen LogP contribution in [0.4, 0.5) is 0 Å². The monoisotopic (exact) mass is 359 g/mol. The van der Waals surface area contributed by atoms with E-state index >= 15 is 0 Å². The van der Waals surface area contributed by atoms with Gasteiger partial charge in [-0.25, -0.2) is 5.56 Å². The molecule has 0 spiro atoms. The molecule has 0 N–H and O–H groups in total. The van der Waals surface area contributed by atoms with E-state index in [9.17, 15) is 0 Å². The van der Waals surface area contributed by atoms with Crippen molar-refractivity contribution < 1.29 is 37.3 Å². The van der Waals surface area contributed by atoms with E-state index in [2.05, 4.69) is 42.2 Å². The van der Waals surface area contributed by atoms with Crippen LogP contribution in [0.25, 0.3) is 22.4 Å². The summed E-state index contributed by atoms with van der Waals surface area (Å²) in [6.45, 7) is 2.10. The van der Waals surface area contributed by atoms with Crippen LogP contribution >= 0.6 is 0 Å². The Bertz CT molecular complexity index is 745. The van der Waals surface area contributed by atoms with E-state index in [1.807, 2.05) is 48.4 Å². The summed E-state index contributed by atoms with van der Waals surface area (Å²) >= 11 is 0. The van der Waals surface area contributed by atoms with Crippen molar-refractivity contribution in [3.63, 3.8) is 0 Å². The van der Waals surface area contributed by atoms with Crippen molar-refractivity contribution in [3.8, 4) is 22.4 Å². The van der Waals surface area contributed by atoms with Gasteiger partial charge >= 0.3 is 0 Å². The molecule has 1 aromatic heterocycles. The largest absolute Gasteiger partial charge is 0.279 e. The van der Waals surface area contributed by atoms with Crippen molar-refractivity contribution in [2.24, 2.45) is 7.05 Å². The zero-order valence-electron chi connectivity index (χ0n) is 12.7. The molecule has 4 radical (unpaired) electrons. The first-order valence-electron chi connectivity index (χ1n) is 6.56. The summed E-state index contributed by atoms with van der Waals surface area (Å²) in [6, 6.07) is 21.0. The Morgan fingerprint density at radius 2 is 1.86 bits per heavy atom. The van der Waals surface area contributed by atoms with Crippen LogP contribution < -0.4 is 4.57 Å². The fraction of sp³-hybridized carbons (Fsp3) is 0.111. The number of aryl methyl sites for hydroxylation is 2. The van der Waals surface area contributed by atoms with Gasteiger partial charge < -0.3 is 0 Å². The molecular weight excluding hydrogens is 344 g/mol. The first-order chi connectivity index (χ1) is 9.75. The second kappa shape index (κ2) is 8.36. The van der Waals surface area contributed by atoms with E-state index in [0.29, 0.717) is 0 Å². The molecule has 3 aromatic rings. The van der Waals surface area contributed by atoms with Gasteiger partial charge in [-0.3, -0.25) is 4.57 Å². The van der Waals surface area contributed by atoms with E-state index in [1.54, 1.807) is 0 Å². The van der Waals surface area contributed by atoms with Crippen molar-refractivity contribution in [3.05, 3.63) is 72.7 Å². The third-order valence-electron chi connectivity index (χ3n) is 3.35. The molecular formula is C18H15BN2Y-. The summed E-state index contributed by atoms with van der Waals surface area (Å²) < 4.78 is 2.01. The maximum atomic E-state index is 4.12. The molecule has 0 bridgehead atoms. The Kier molecular flexibility index (Phi) is 7.12. The van der Waals surface area contributed by atoms with Crippen LogP contribution in [-0.4, -0.2) is 13.4 Å². The van der Waals surface area contributed by atoms with Crippen LogP contribution in [0, 0.1) is 19.1 Å². The third-order valence-corrected chi connectivity index (χ3v) is 3.35. The number of nitrogens with zero attached hydrogens (tertiary/aromatic N) is 2. The van der Waals surface area contributed by atoms with Crippen molar-refractivity contribution in [2.45, 2.75) is 6.92 Å². The van der Waals surface area contributed by atoms with Gasteiger partial charge in [0.25, 0.3) is 6.33 Å². The van der Waals surface area contributed by atoms with Gasteiger partial charge in [0.2, 0.25) is 0 Å². The number of aromatic nitrogens is 2. The molecule has 2 aromatic carbocycles. The summed E-state index contributed by atoms with van der Waals surface area (Å²) in [5, 5.41) is 0. The molecule has 2 nitrogen and oxygen atoms in total. The van der Waals surface area contributed by atoms with Gasteiger partial charge in [0, 0.05) is 41.1 Å². The standard InChI is InChI=1S/C18H15N2.B.Y/c1-14-8-9-16(15-6-4-3-5-7-15)12-17(14)18-10-11-19-13-20(18)2;;/h3-6,8-11,13H,1-2H3;;/q-1;;. The molecule has 0 aliphatic rings. The van der Waals surface area contributed by atoms with Gasteiger partial charge in [-0.1, -0.05) is 17.5 Å². The molecule has 3 rings (SSSR count). The second-order valence-electron chi connectivity index (χ2n) is 4.78. The van der Waals surface area contributed by atoms with Gasteiger partial charge in [-0.05, 0) is 6.07 Å². The molecule has 0 atom stereocenters. The predicted octanol–water partition coefficient (Wildman–Crippen LogP) is 2.77. The van der Waals surface area contributed by atoms with E-state index in [-0.39, 0.29) is 41.1 Å². The Morgan fingerprint density at radius 1 is 1.05 bits per heavy atom. The zero-order chi connectivity index (χ0) is 13.9. The predicted molar refractivity (Wildman–Crippen MR) is 84.4 cm³/mol. The van der Waals surface area contributed by atoms with E-state index in [0.717, 1.165) is 22.4 Å². The zero-order valence-corrected chi connectivity index (χ0v) is 15.6. The van der Waals surface area contributed by atoms with Crippen molar-refractivity contribution in [2.75, 3.05) is 0 Å². The fourth-order valence-electron chi connectivity index (χ4n) is 2.24. The Labute approximate surface area is 159 Å². The maximum Gasteiger partial charge on any atom is 0.279 e. The Hall–Kier alpha value is -1.31. The van der Waals surface area contributed by atoms with Crippen LogP contribution in [0.15, 0.2) is 55.0 Å².